The Hall–Kier alpha value is -1.51. The number of esters is 2. The molecule has 10 heteroatoms. The third kappa shape index (κ3) is 43.9. The maximum absolute atomic E-state index is 12.7. The Morgan fingerprint density at radius 3 is 1.30 bits per heavy atom. The molecule has 0 aliphatic heterocycles. The van der Waals surface area contributed by atoms with Gasteiger partial charge in [-0.25, -0.2) is 0 Å². The minimum atomic E-state index is -4.62. The van der Waals surface area contributed by atoms with Crippen LogP contribution >= 0.6 is 7.82 Å². The van der Waals surface area contributed by atoms with E-state index in [2.05, 4.69) is 38.2 Å². The van der Waals surface area contributed by atoms with Crippen molar-refractivity contribution in [2.75, 3.05) is 47.5 Å². The maximum atomic E-state index is 12.7. The summed E-state index contributed by atoms with van der Waals surface area (Å²) in [5.74, 6) is -0.841. The van der Waals surface area contributed by atoms with Gasteiger partial charge in [0.2, 0.25) is 0 Å². The van der Waals surface area contributed by atoms with Gasteiger partial charge in [0.15, 0.2) is 6.10 Å². The molecule has 336 valence electrons. The molecule has 0 rings (SSSR count). The zero-order chi connectivity index (χ0) is 42.1. The van der Waals surface area contributed by atoms with Gasteiger partial charge in [0.25, 0.3) is 7.82 Å². The average Bonchev–Trinajstić information content (AvgIpc) is 3.16. The number of likely N-dealkylation sites (N-methyl/N-ethyl adjacent to an activating group) is 1. The SMILES string of the molecule is CCCCCCC/C=C/CCCCCCCC(=O)O[C@@H](COC(=O)CCCCCCCCCCC/C=C/CCCCCCCC)COP(=O)([O-])OCC[N+](C)(C)C. The van der Waals surface area contributed by atoms with Crippen molar-refractivity contribution in [2.24, 2.45) is 0 Å². The van der Waals surface area contributed by atoms with Gasteiger partial charge in [-0.1, -0.05) is 160 Å². The third-order valence-corrected chi connectivity index (χ3v) is 11.2. The second kappa shape index (κ2) is 39.9. The molecule has 0 aromatic rings. The third-order valence-electron chi connectivity index (χ3n) is 10.2. The van der Waals surface area contributed by atoms with Crippen LogP contribution in [-0.2, 0) is 32.7 Å². The average molecular weight is 828 g/mol. The number of phosphoric acid groups is 1. The lowest BCUT2D eigenvalue weighted by atomic mass is 10.1. The van der Waals surface area contributed by atoms with Gasteiger partial charge in [-0.3, -0.25) is 14.2 Å². The lowest BCUT2D eigenvalue weighted by Crippen LogP contribution is -2.37. The quantitative estimate of drug-likeness (QED) is 0.0196. The first kappa shape index (κ1) is 55.5. The van der Waals surface area contributed by atoms with E-state index < -0.39 is 26.5 Å². The van der Waals surface area contributed by atoms with Crippen LogP contribution in [0.3, 0.4) is 0 Å². The highest BCUT2D eigenvalue weighted by Gasteiger charge is 2.21. The second-order valence-electron chi connectivity index (χ2n) is 17.1. The van der Waals surface area contributed by atoms with Crippen molar-refractivity contribution in [1.29, 1.82) is 0 Å². The summed E-state index contributed by atoms with van der Waals surface area (Å²) in [7, 11) is 1.16. The first-order valence-electron chi connectivity index (χ1n) is 23.5. The summed E-state index contributed by atoms with van der Waals surface area (Å²) < 4.78 is 33.9. The molecule has 0 N–H and O–H groups in total. The number of unbranched alkanes of at least 4 members (excludes halogenated alkanes) is 25. The molecule has 9 nitrogen and oxygen atoms in total. The molecule has 0 aliphatic carbocycles. The summed E-state index contributed by atoms with van der Waals surface area (Å²) in [6.07, 6.45) is 43.4. The second-order valence-corrected chi connectivity index (χ2v) is 18.5. The molecule has 0 saturated heterocycles. The molecule has 1 unspecified atom stereocenters. The Morgan fingerprint density at radius 2 is 0.895 bits per heavy atom. The summed E-state index contributed by atoms with van der Waals surface area (Å²) in [5.41, 5.74) is 0. The molecular weight excluding hydrogens is 737 g/mol. The van der Waals surface area contributed by atoms with E-state index in [1.165, 1.54) is 128 Å². The number of carbonyl (C=O) groups is 2. The van der Waals surface area contributed by atoms with Gasteiger partial charge in [-0.05, 0) is 64.2 Å². The molecule has 0 saturated carbocycles. The van der Waals surface area contributed by atoms with Crippen LogP contribution in [0.25, 0.3) is 0 Å². The fourth-order valence-corrected chi connectivity index (χ4v) is 7.20. The van der Waals surface area contributed by atoms with Crippen LogP contribution in [0.15, 0.2) is 24.3 Å². The molecule has 0 bridgehead atoms. The van der Waals surface area contributed by atoms with Crippen LogP contribution in [0.5, 0.6) is 0 Å². The summed E-state index contributed by atoms with van der Waals surface area (Å²) in [6.45, 7) is 4.22. The Labute approximate surface area is 351 Å². The molecule has 0 fully saturated rings. The molecule has 0 amide bonds. The zero-order valence-corrected chi connectivity index (χ0v) is 38.7. The number of nitrogens with zero attached hydrogens (tertiary/aromatic N) is 1. The molecule has 0 heterocycles. The number of carbonyl (C=O) groups excluding carboxylic acids is 2. The predicted octanol–water partition coefficient (Wildman–Crippen LogP) is 12.9. The van der Waals surface area contributed by atoms with Crippen molar-refractivity contribution < 1.29 is 42.1 Å². The van der Waals surface area contributed by atoms with E-state index in [0.717, 1.165) is 51.4 Å². The first-order chi connectivity index (χ1) is 27.5. The van der Waals surface area contributed by atoms with Crippen LogP contribution < -0.4 is 4.89 Å². The van der Waals surface area contributed by atoms with Gasteiger partial charge < -0.3 is 27.9 Å². The van der Waals surface area contributed by atoms with E-state index in [1.54, 1.807) is 0 Å². The molecule has 0 aromatic carbocycles. The van der Waals surface area contributed by atoms with Crippen LogP contribution in [0, 0.1) is 0 Å². The van der Waals surface area contributed by atoms with Crippen molar-refractivity contribution in [3.63, 3.8) is 0 Å². The van der Waals surface area contributed by atoms with E-state index in [0.29, 0.717) is 17.4 Å². The van der Waals surface area contributed by atoms with E-state index in [9.17, 15) is 19.0 Å². The number of allylic oxidation sites excluding steroid dienone is 4. The predicted molar refractivity (Wildman–Crippen MR) is 236 cm³/mol. The van der Waals surface area contributed by atoms with Crippen LogP contribution in [-0.4, -0.2) is 70.0 Å². The molecule has 0 spiro atoms. The standard InChI is InChI=1S/C47H90NO8P/c1-6-8-10-12-14-16-18-20-22-23-24-25-26-28-29-31-33-35-37-39-46(49)53-43-45(44-55-57(51,52)54-42-41-48(3,4)5)56-47(50)40-38-36-34-32-30-27-21-19-17-15-13-11-9-7-2/h19-22,45H,6-18,23-44H2,1-5H3/b21-19+,22-20+/t45-/m0/s1. The summed E-state index contributed by atoms with van der Waals surface area (Å²) in [6, 6.07) is 0. The van der Waals surface area contributed by atoms with Gasteiger partial charge in [-0.2, -0.15) is 0 Å². The van der Waals surface area contributed by atoms with E-state index >= 15 is 0 Å². The van der Waals surface area contributed by atoms with Gasteiger partial charge in [0, 0.05) is 12.8 Å². The summed E-state index contributed by atoms with van der Waals surface area (Å²) >= 11 is 0. The van der Waals surface area contributed by atoms with Crippen molar-refractivity contribution in [3.8, 4) is 0 Å². The Kier molecular flexibility index (Phi) is 38.9. The van der Waals surface area contributed by atoms with E-state index in [1.807, 2.05) is 21.1 Å². The number of quaternary nitrogens is 1. The Morgan fingerprint density at radius 1 is 0.526 bits per heavy atom. The Bertz CT molecular complexity index is 1030. The van der Waals surface area contributed by atoms with Crippen LogP contribution in [0.1, 0.15) is 213 Å². The Balaban J connectivity index is 4.29. The normalized spacial score (nSPS) is 13.7. The fraction of sp³-hybridized carbons (Fsp3) is 0.872. The van der Waals surface area contributed by atoms with Gasteiger partial charge in [0.1, 0.15) is 19.8 Å². The fourth-order valence-electron chi connectivity index (χ4n) is 6.47. The minimum absolute atomic E-state index is 0.0314. The van der Waals surface area contributed by atoms with Crippen molar-refractivity contribution in [3.05, 3.63) is 24.3 Å². The summed E-state index contributed by atoms with van der Waals surface area (Å²) in [5, 5.41) is 0. The highest BCUT2D eigenvalue weighted by molar-refractivity contribution is 7.45. The molecular formula is C47H90NO8P. The monoisotopic (exact) mass is 828 g/mol. The minimum Gasteiger partial charge on any atom is -0.756 e. The van der Waals surface area contributed by atoms with Gasteiger partial charge in [0.05, 0.1) is 27.7 Å². The maximum Gasteiger partial charge on any atom is 0.306 e. The molecule has 2 atom stereocenters. The molecule has 0 aromatic heterocycles. The zero-order valence-electron chi connectivity index (χ0n) is 37.8. The van der Waals surface area contributed by atoms with Crippen molar-refractivity contribution >= 4 is 19.8 Å². The summed E-state index contributed by atoms with van der Waals surface area (Å²) in [4.78, 5) is 37.6. The highest BCUT2D eigenvalue weighted by atomic mass is 31.2. The molecule has 0 aliphatic rings. The highest BCUT2D eigenvalue weighted by Crippen LogP contribution is 2.38. The van der Waals surface area contributed by atoms with E-state index in [-0.39, 0.29) is 32.0 Å². The van der Waals surface area contributed by atoms with E-state index in [4.69, 9.17) is 18.5 Å². The number of rotatable bonds is 43. The van der Waals surface area contributed by atoms with Crippen molar-refractivity contribution in [2.45, 2.75) is 219 Å². The topological polar surface area (TPSA) is 111 Å². The number of hydrogen-bond acceptors (Lipinski definition) is 8. The number of ether oxygens (including phenoxy) is 2. The van der Waals surface area contributed by atoms with Crippen LogP contribution in [0.2, 0.25) is 0 Å². The smallest absolute Gasteiger partial charge is 0.306 e. The lowest BCUT2D eigenvalue weighted by Gasteiger charge is -2.28. The van der Waals surface area contributed by atoms with Gasteiger partial charge in [-0.15, -0.1) is 0 Å². The van der Waals surface area contributed by atoms with Crippen molar-refractivity contribution in [1.82, 2.24) is 0 Å². The molecule has 0 radical (unpaired) electrons. The van der Waals surface area contributed by atoms with Gasteiger partial charge >= 0.3 is 11.9 Å². The first-order valence-corrected chi connectivity index (χ1v) is 25.0. The molecule has 57 heavy (non-hydrogen) atoms. The number of phosphoric ester groups is 1. The van der Waals surface area contributed by atoms with Crippen LogP contribution in [0.4, 0.5) is 0 Å². The largest absolute Gasteiger partial charge is 0.756 e. The number of hydrogen-bond donors (Lipinski definition) is 0. The lowest BCUT2D eigenvalue weighted by molar-refractivity contribution is -0.870.